The predicted molar refractivity (Wildman–Crippen MR) is 109 cm³/mol. The van der Waals surface area contributed by atoms with Gasteiger partial charge >= 0.3 is 0 Å². The van der Waals surface area contributed by atoms with E-state index in [9.17, 15) is 4.39 Å². The van der Waals surface area contributed by atoms with Crippen molar-refractivity contribution in [1.82, 2.24) is 19.6 Å². The maximum Gasteiger partial charge on any atom is 0.210 e. The molecule has 0 bridgehead atoms. The second-order valence-corrected chi connectivity index (χ2v) is 7.44. The second kappa shape index (κ2) is 7.17. The fourth-order valence-electron chi connectivity index (χ4n) is 3.52. The van der Waals surface area contributed by atoms with Crippen LogP contribution in [0, 0.1) is 5.82 Å². The number of nitrogens with zero attached hydrogens (tertiary/aromatic N) is 4. The Morgan fingerprint density at radius 1 is 1.17 bits per heavy atom. The van der Waals surface area contributed by atoms with Gasteiger partial charge in [-0.2, -0.15) is 0 Å². The molecule has 1 aliphatic heterocycles. The van der Waals surface area contributed by atoms with Crippen molar-refractivity contribution in [2.45, 2.75) is 13.0 Å². The van der Waals surface area contributed by atoms with Gasteiger partial charge in [-0.1, -0.05) is 29.3 Å². The molecule has 1 N–H and O–H groups in total. The van der Waals surface area contributed by atoms with Crippen molar-refractivity contribution in [3.8, 4) is 16.9 Å². The lowest BCUT2D eigenvalue weighted by atomic mass is 10.0. The molecule has 9 heteroatoms. The number of hydrogen-bond acceptors (Lipinski definition) is 5. The van der Waals surface area contributed by atoms with Crippen molar-refractivity contribution in [2.75, 3.05) is 11.9 Å². The predicted octanol–water partition coefficient (Wildman–Crippen LogP) is 4.78. The van der Waals surface area contributed by atoms with E-state index in [0.717, 1.165) is 22.4 Å². The molecule has 0 atom stereocenters. The van der Waals surface area contributed by atoms with E-state index in [0.29, 0.717) is 40.2 Å². The number of fused-ring (bicyclic) bond motifs is 2. The number of rotatable bonds is 4. The van der Waals surface area contributed by atoms with Gasteiger partial charge in [0, 0.05) is 46.4 Å². The highest BCUT2D eigenvalue weighted by atomic mass is 35.5. The summed E-state index contributed by atoms with van der Waals surface area (Å²) in [5.41, 5.74) is 3.51. The molecule has 0 unspecified atom stereocenters. The second-order valence-electron chi connectivity index (χ2n) is 6.60. The van der Waals surface area contributed by atoms with Crippen LogP contribution in [0.3, 0.4) is 0 Å². The number of aromatic nitrogens is 4. The van der Waals surface area contributed by atoms with Gasteiger partial charge in [-0.3, -0.25) is 4.40 Å². The van der Waals surface area contributed by atoms with Gasteiger partial charge < -0.3 is 10.1 Å². The highest BCUT2D eigenvalue weighted by molar-refractivity contribution is 6.36. The van der Waals surface area contributed by atoms with E-state index in [1.165, 1.54) is 6.07 Å². The van der Waals surface area contributed by atoms with Crippen LogP contribution in [0.4, 0.5) is 10.3 Å². The fourth-order valence-corrected chi connectivity index (χ4v) is 4.03. The smallest absolute Gasteiger partial charge is 0.210 e. The van der Waals surface area contributed by atoms with Gasteiger partial charge in [0.15, 0.2) is 5.65 Å². The van der Waals surface area contributed by atoms with Gasteiger partial charge in [-0.15, -0.1) is 10.2 Å². The molecule has 6 nitrogen and oxygen atoms in total. The molecule has 0 amide bonds. The van der Waals surface area contributed by atoms with Gasteiger partial charge in [0.2, 0.25) is 5.95 Å². The third-order valence-electron chi connectivity index (χ3n) is 4.92. The molecule has 3 heterocycles. The number of ether oxygens (including phenoxy) is 1. The van der Waals surface area contributed by atoms with Gasteiger partial charge in [-0.25, -0.2) is 9.37 Å². The van der Waals surface area contributed by atoms with Gasteiger partial charge in [0.1, 0.15) is 17.9 Å². The first-order valence-corrected chi connectivity index (χ1v) is 9.68. The van der Waals surface area contributed by atoms with E-state index >= 15 is 0 Å². The van der Waals surface area contributed by atoms with E-state index in [4.69, 9.17) is 27.9 Å². The van der Waals surface area contributed by atoms with Crippen molar-refractivity contribution in [3.63, 3.8) is 0 Å². The maximum absolute atomic E-state index is 14.4. The summed E-state index contributed by atoms with van der Waals surface area (Å²) in [6.45, 7) is 0.829. The molecule has 0 saturated carbocycles. The van der Waals surface area contributed by atoms with Crippen molar-refractivity contribution >= 4 is 34.8 Å². The summed E-state index contributed by atoms with van der Waals surface area (Å²) in [5, 5.41) is 12.4. The molecular formula is C20H14Cl2FN5O. The summed E-state index contributed by atoms with van der Waals surface area (Å²) in [6.07, 6.45) is 3.90. The molecule has 0 fully saturated rings. The third kappa shape index (κ3) is 3.16. The minimum atomic E-state index is -0.272. The van der Waals surface area contributed by atoms with E-state index < -0.39 is 0 Å². The molecule has 0 saturated heterocycles. The van der Waals surface area contributed by atoms with Crippen LogP contribution in [0.25, 0.3) is 16.8 Å². The highest BCUT2D eigenvalue weighted by Gasteiger charge is 2.20. The van der Waals surface area contributed by atoms with Gasteiger partial charge in [-0.05, 0) is 24.3 Å². The number of anilines is 1. The Balaban J connectivity index is 1.50. The first-order valence-electron chi connectivity index (χ1n) is 8.93. The zero-order valence-corrected chi connectivity index (χ0v) is 16.5. The van der Waals surface area contributed by atoms with E-state index in [1.807, 2.05) is 6.07 Å². The van der Waals surface area contributed by atoms with Crippen LogP contribution in [-0.2, 0) is 13.0 Å². The summed E-state index contributed by atoms with van der Waals surface area (Å²) in [5.74, 6) is 0.958. The van der Waals surface area contributed by atoms with Crippen molar-refractivity contribution < 1.29 is 9.13 Å². The first kappa shape index (κ1) is 18.1. The molecular weight excluding hydrogens is 416 g/mol. The van der Waals surface area contributed by atoms with E-state index in [2.05, 4.69) is 20.5 Å². The average Bonchev–Trinajstić information content (AvgIpc) is 3.37. The van der Waals surface area contributed by atoms with Crippen LogP contribution in [-0.4, -0.2) is 26.2 Å². The summed E-state index contributed by atoms with van der Waals surface area (Å²) >= 11 is 12.3. The highest BCUT2D eigenvalue weighted by Crippen LogP contribution is 2.33. The molecule has 0 spiro atoms. The van der Waals surface area contributed by atoms with Crippen molar-refractivity contribution in [1.29, 1.82) is 0 Å². The summed E-state index contributed by atoms with van der Waals surface area (Å²) in [6, 6.07) is 8.32. The number of benzene rings is 2. The van der Waals surface area contributed by atoms with Crippen LogP contribution in [0.15, 0.2) is 42.9 Å². The largest absolute Gasteiger partial charge is 0.493 e. The minimum Gasteiger partial charge on any atom is -0.493 e. The van der Waals surface area contributed by atoms with Gasteiger partial charge in [0.05, 0.1) is 11.6 Å². The Kier molecular flexibility index (Phi) is 4.49. The normalized spacial score (nSPS) is 12.8. The lowest BCUT2D eigenvalue weighted by Crippen LogP contribution is -2.09. The van der Waals surface area contributed by atoms with Crippen LogP contribution in [0.1, 0.15) is 11.1 Å². The zero-order chi connectivity index (χ0) is 20.0. The topological polar surface area (TPSA) is 64.3 Å². The van der Waals surface area contributed by atoms with Crippen LogP contribution in [0.5, 0.6) is 5.75 Å². The summed E-state index contributed by atoms with van der Waals surface area (Å²) in [7, 11) is 0. The van der Waals surface area contributed by atoms with Crippen molar-refractivity contribution in [3.05, 3.63) is 69.8 Å². The molecule has 1 aliphatic rings. The van der Waals surface area contributed by atoms with Crippen LogP contribution >= 0.6 is 23.2 Å². The molecule has 0 radical (unpaired) electrons. The number of nitrogens with one attached hydrogen (secondary N) is 1. The number of hydrogen-bond donors (Lipinski definition) is 1. The molecule has 2 aromatic heterocycles. The Morgan fingerprint density at radius 3 is 2.93 bits per heavy atom. The Morgan fingerprint density at radius 2 is 2.07 bits per heavy atom. The molecule has 5 rings (SSSR count). The monoisotopic (exact) mass is 429 g/mol. The molecule has 4 aromatic rings. The summed E-state index contributed by atoms with van der Waals surface area (Å²) in [4.78, 5) is 4.48. The molecule has 0 aliphatic carbocycles. The maximum atomic E-state index is 14.4. The summed E-state index contributed by atoms with van der Waals surface area (Å²) < 4.78 is 21.6. The van der Waals surface area contributed by atoms with Crippen LogP contribution < -0.4 is 10.1 Å². The molecule has 146 valence electrons. The zero-order valence-electron chi connectivity index (χ0n) is 15.0. The molecule has 2 aromatic carbocycles. The quantitative estimate of drug-likeness (QED) is 0.505. The third-order valence-corrected chi connectivity index (χ3v) is 5.47. The minimum absolute atomic E-state index is 0.264. The molecule has 29 heavy (non-hydrogen) atoms. The lowest BCUT2D eigenvalue weighted by molar-refractivity contribution is 0.356. The fraction of sp³-hybridized carbons (Fsp3) is 0.150. The SMILES string of the molecule is Fc1ccc2c(c1CNc1ncc(-c3ccc(Cl)cc3Cl)c3nncn13)CCO2. The van der Waals surface area contributed by atoms with E-state index in [1.54, 1.807) is 35.1 Å². The van der Waals surface area contributed by atoms with Crippen molar-refractivity contribution in [2.24, 2.45) is 0 Å². The van der Waals surface area contributed by atoms with E-state index in [-0.39, 0.29) is 12.4 Å². The lowest BCUT2D eigenvalue weighted by Gasteiger charge is -2.13. The first-order chi connectivity index (χ1) is 14.1. The Labute approximate surface area is 175 Å². The van der Waals surface area contributed by atoms with Gasteiger partial charge in [0.25, 0.3) is 0 Å². The standard InChI is InChI=1S/C20H14Cl2FN5O/c21-11-1-2-12(16(22)7-11)15-9-25-20(28-10-26-27-19(15)28)24-8-14-13-5-6-29-18(13)4-3-17(14)23/h1-4,7,9-10H,5-6,8H2,(H,24,25). The van der Waals surface area contributed by atoms with Crippen LogP contribution in [0.2, 0.25) is 10.0 Å². The average molecular weight is 430 g/mol. The Bertz CT molecular complexity index is 1240. The Hall–Kier alpha value is -2.90. The number of halogens is 3.